The molecule has 1 aromatic rings. The van der Waals surface area contributed by atoms with Crippen LogP contribution in [0.4, 0.5) is 0 Å². The molecule has 0 radical (unpaired) electrons. The van der Waals surface area contributed by atoms with Gasteiger partial charge in [0.25, 0.3) is 10.2 Å². The first kappa shape index (κ1) is 16.9. The van der Waals surface area contributed by atoms with Crippen LogP contribution in [0.2, 0.25) is 0 Å². The molecule has 0 aliphatic carbocycles. The minimum absolute atomic E-state index is 0.0675. The topological polar surface area (TPSA) is 40.6 Å². The second-order valence-corrected chi connectivity index (χ2v) is 8.03. The molecule has 0 saturated carbocycles. The molecule has 7 heteroatoms. The summed E-state index contributed by atoms with van der Waals surface area (Å²) in [5, 5.41) is 2.00. The van der Waals surface area contributed by atoms with Crippen molar-refractivity contribution in [2.75, 3.05) is 26.5 Å². The van der Waals surface area contributed by atoms with Gasteiger partial charge in [0, 0.05) is 37.4 Å². The van der Waals surface area contributed by atoms with E-state index in [0.29, 0.717) is 18.8 Å². The summed E-state index contributed by atoms with van der Waals surface area (Å²) in [6.45, 7) is 2.37. The van der Waals surface area contributed by atoms with Crippen LogP contribution < -0.4 is 0 Å². The molecule has 1 atom stereocenters. The third kappa shape index (κ3) is 4.72. The number of thiophene rings is 1. The van der Waals surface area contributed by atoms with Crippen molar-refractivity contribution in [1.29, 1.82) is 0 Å². The largest absolute Gasteiger partial charge is 0.281 e. The predicted molar refractivity (Wildman–Crippen MR) is 82.1 cm³/mol. The molecule has 0 saturated heterocycles. The summed E-state index contributed by atoms with van der Waals surface area (Å²) in [7, 11) is -0.178. The van der Waals surface area contributed by atoms with E-state index in [-0.39, 0.29) is 6.04 Å². The zero-order chi connectivity index (χ0) is 14.5. The highest BCUT2D eigenvalue weighted by molar-refractivity contribution is 7.86. The fourth-order valence-electron chi connectivity index (χ4n) is 1.69. The van der Waals surface area contributed by atoms with Crippen LogP contribution >= 0.6 is 22.9 Å². The van der Waals surface area contributed by atoms with E-state index < -0.39 is 10.2 Å². The predicted octanol–water partition coefficient (Wildman–Crippen LogP) is 2.42. The Kier molecular flexibility index (Phi) is 6.76. The molecule has 110 valence electrons. The van der Waals surface area contributed by atoms with Crippen LogP contribution in [0.5, 0.6) is 0 Å². The molecule has 0 amide bonds. The van der Waals surface area contributed by atoms with Crippen molar-refractivity contribution in [1.82, 2.24) is 8.61 Å². The van der Waals surface area contributed by atoms with Gasteiger partial charge in [0.1, 0.15) is 0 Å². The van der Waals surface area contributed by atoms with E-state index in [4.69, 9.17) is 11.6 Å². The first-order valence-electron chi connectivity index (χ1n) is 6.17. The Hall–Kier alpha value is -0.140. The maximum Gasteiger partial charge on any atom is 0.281 e. The Morgan fingerprint density at radius 1 is 1.42 bits per heavy atom. The molecule has 0 N–H and O–H groups in total. The highest BCUT2D eigenvalue weighted by Crippen LogP contribution is 2.16. The second kappa shape index (κ2) is 7.59. The first-order valence-corrected chi connectivity index (χ1v) is 8.98. The molecule has 0 aliphatic heterocycles. The van der Waals surface area contributed by atoms with Gasteiger partial charge in [0.2, 0.25) is 0 Å². The fraction of sp³-hybridized carbons (Fsp3) is 0.667. The van der Waals surface area contributed by atoms with Crippen LogP contribution in [0.3, 0.4) is 0 Å². The van der Waals surface area contributed by atoms with Gasteiger partial charge < -0.3 is 0 Å². The minimum atomic E-state index is -3.40. The third-order valence-corrected chi connectivity index (χ3v) is 6.29. The Morgan fingerprint density at radius 3 is 2.63 bits per heavy atom. The van der Waals surface area contributed by atoms with E-state index in [2.05, 4.69) is 0 Å². The van der Waals surface area contributed by atoms with Crippen molar-refractivity contribution in [2.45, 2.75) is 25.8 Å². The van der Waals surface area contributed by atoms with E-state index in [1.54, 1.807) is 25.4 Å². The van der Waals surface area contributed by atoms with E-state index in [1.165, 1.54) is 13.5 Å². The van der Waals surface area contributed by atoms with Gasteiger partial charge in [0.05, 0.1) is 0 Å². The van der Waals surface area contributed by atoms with Crippen LogP contribution in [-0.2, 0) is 16.6 Å². The van der Waals surface area contributed by atoms with Crippen LogP contribution in [0, 0.1) is 0 Å². The lowest BCUT2D eigenvalue weighted by molar-refractivity contribution is 0.344. The molecule has 4 nitrogen and oxygen atoms in total. The number of hydrogen-bond donors (Lipinski definition) is 0. The Bertz CT molecular complexity index is 462. The number of nitrogens with zero attached hydrogens (tertiary/aromatic N) is 2. The highest BCUT2D eigenvalue weighted by Gasteiger charge is 2.27. The van der Waals surface area contributed by atoms with Gasteiger partial charge in [-0.1, -0.05) is 6.07 Å². The average Bonchev–Trinajstić information content (AvgIpc) is 2.87. The number of halogens is 1. The van der Waals surface area contributed by atoms with Crippen molar-refractivity contribution in [3.8, 4) is 0 Å². The summed E-state index contributed by atoms with van der Waals surface area (Å²) < 4.78 is 27.4. The molecule has 1 aromatic heterocycles. The van der Waals surface area contributed by atoms with Crippen molar-refractivity contribution < 1.29 is 8.42 Å². The zero-order valence-corrected chi connectivity index (χ0v) is 13.9. The molecule has 0 aromatic carbocycles. The van der Waals surface area contributed by atoms with Gasteiger partial charge in [0.15, 0.2) is 0 Å². The average molecular weight is 325 g/mol. The summed E-state index contributed by atoms with van der Waals surface area (Å²) in [5.74, 6) is 0.467. The Balaban J connectivity index is 2.66. The van der Waals surface area contributed by atoms with Gasteiger partial charge in [-0.25, -0.2) is 0 Å². The fourth-order valence-corrected chi connectivity index (χ4v) is 3.97. The van der Waals surface area contributed by atoms with Crippen molar-refractivity contribution in [2.24, 2.45) is 0 Å². The van der Waals surface area contributed by atoms with Crippen LogP contribution in [0.25, 0.3) is 0 Å². The van der Waals surface area contributed by atoms with Gasteiger partial charge in [-0.15, -0.1) is 22.9 Å². The van der Waals surface area contributed by atoms with Gasteiger partial charge in [-0.05, 0) is 31.2 Å². The maximum absolute atomic E-state index is 12.3. The molecule has 1 heterocycles. The van der Waals surface area contributed by atoms with Crippen LogP contribution in [0.15, 0.2) is 17.5 Å². The molecule has 0 spiro atoms. The minimum Gasteiger partial charge on any atom is -0.195 e. The number of likely N-dealkylation sites (N-methyl/N-ethyl adjacent to an activating group) is 1. The van der Waals surface area contributed by atoms with Crippen LogP contribution in [-0.4, -0.2) is 49.6 Å². The van der Waals surface area contributed by atoms with E-state index in [9.17, 15) is 8.42 Å². The maximum atomic E-state index is 12.3. The lowest BCUT2D eigenvalue weighted by Crippen LogP contribution is -2.45. The molecule has 1 rings (SSSR count). The van der Waals surface area contributed by atoms with E-state index in [0.717, 1.165) is 6.42 Å². The third-order valence-electron chi connectivity index (χ3n) is 3.06. The summed E-state index contributed by atoms with van der Waals surface area (Å²) in [5.41, 5.74) is 0. The van der Waals surface area contributed by atoms with Crippen molar-refractivity contribution in [3.63, 3.8) is 0 Å². The Morgan fingerprint density at radius 2 is 2.11 bits per heavy atom. The van der Waals surface area contributed by atoms with Crippen LogP contribution in [0.1, 0.15) is 18.2 Å². The lowest BCUT2D eigenvalue weighted by atomic mass is 10.2. The summed E-state index contributed by atoms with van der Waals surface area (Å²) >= 11 is 7.25. The molecule has 1 unspecified atom stereocenters. The van der Waals surface area contributed by atoms with Crippen molar-refractivity contribution >= 4 is 33.1 Å². The zero-order valence-electron chi connectivity index (χ0n) is 11.5. The van der Waals surface area contributed by atoms with E-state index >= 15 is 0 Å². The summed E-state index contributed by atoms with van der Waals surface area (Å²) in [6, 6.07) is 3.94. The standard InChI is InChI=1S/C12H21ClN2O2S2/c1-11(10-12-6-4-9-18-12)15(3)19(16,17)14(2)8-5-7-13/h4,6,9,11H,5,7-8,10H2,1-3H3. The number of alkyl halides is 1. The van der Waals surface area contributed by atoms with Gasteiger partial charge in [-0.3, -0.25) is 0 Å². The lowest BCUT2D eigenvalue weighted by Gasteiger charge is -2.28. The van der Waals surface area contributed by atoms with E-state index in [1.807, 2.05) is 24.4 Å². The molecule has 0 fully saturated rings. The Labute approximate surface area is 125 Å². The summed E-state index contributed by atoms with van der Waals surface area (Å²) in [4.78, 5) is 1.19. The SMILES string of the molecule is CC(Cc1cccs1)N(C)S(=O)(=O)N(C)CCCCl. The quantitative estimate of drug-likeness (QED) is 0.689. The summed E-state index contributed by atoms with van der Waals surface area (Å²) in [6.07, 6.45) is 1.39. The van der Waals surface area contributed by atoms with Crippen molar-refractivity contribution in [3.05, 3.63) is 22.4 Å². The number of rotatable bonds is 8. The molecule has 19 heavy (non-hydrogen) atoms. The number of hydrogen-bond acceptors (Lipinski definition) is 3. The molecular formula is C12H21ClN2O2S2. The normalized spacial score (nSPS) is 14.2. The first-order chi connectivity index (χ1) is 8.89. The molecule has 0 bridgehead atoms. The monoisotopic (exact) mass is 324 g/mol. The van der Waals surface area contributed by atoms with Gasteiger partial charge >= 0.3 is 0 Å². The van der Waals surface area contributed by atoms with Gasteiger partial charge in [-0.2, -0.15) is 17.0 Å². The second-order valence-electron chi connectivity index (χ2n) is 4.52. The molecule has 0 aliphatic rings. The highest BCUT2D eigenvalue weighted by atomic mass is 35.5. The smallest absolute Gasteiger partial charge is 0.195 e. The molecular weight excluding hydrogens is 304 g/mol.